The maximum atomic E-state index is 13.0. The Bertz CT molecular complexity index is 512. The van der Waals surface area contributed by atoms with Crippen LogP contribution in [-0.4, -0.2) is 0 Å². The second-order valence-corrected chi connectivity index (χ2v) is 4.40. The Morgan fingerprint density at radius 3 is 2.44 bits per heavy atom. The highest BCUT2D eigenvalue weighted by Crippen LogP contribution is 2.31. The molecule has 2 rings (SSSR count). The van der Waals surface area contributed by atoms with Gasteiger partial charge in [-0.15, -0.1) is 11.6 Å². The maximum Gasteiger partial charge on any atom is 0.169 e. The van der Waals surface area contributed by atoms with Crippen molar-refractivity contribution in [3.8, 4) is 0 Å². The number of hydrogen-bond acceptors (Lipinski definition) is 1. The van der Waals surface area contributed by atoms with Crippen molar-refractivity contribution in [1.82, 2.24) is 0 Å². The minimum Gasteiger partial charge on any atom is -0.452 e. The zero-order chi connectivity index (χ0) is 11.7. The van der Waals surface area contributed by atoms with Gasteiger partial charge in [0.2, 0.25) is 0 Å². The zero-order valence-electron chi connectivity index (χ0n) is 7.88. The van der Waals surface area contributed by atoms with Crippen LogP contribution in [0, 0.1) is 11.6 Å². The Kier molecular flexibility index (Phi) is 3.30. The summed E-state index contributed by atoms with van der Waals surface area (Å²) in [6.45, 7) is 0. The predicted octanol–water partition coefficient (Wildman–Crippen LogP) is 4.65. The van der Waals surface area contributed by atoms with Crippen LogP contribution in [0.15, 0.2) is 39.4 Å². The molecule has 2 aromatic rings. The largest absolute Gasteiger partial charge is 0.452 e. The molecule has 0 aliphatic rings. The summed E-state index contributed by atoms with van der Waals surface area (Å²) in [5, 5.41) is -0.638. The van der Waals surface area contributed by atoms with E-state index >= 15 is 0 Å². The van der Waals surface area contributed by atoms with Crippen LogP contribution < -0.4 is 0 Å². The van der Waals surface area contributed by atoms with Crippen LogP contribution >= 0.6 is 27.5 Å². The average Bonchev–Trinajstić information content (AvgIpc) is 2.68. The molecule has 0 saturated carbocycles. The van der Waals surface area contributed by atoms with E-state index in [4.69, 9.17) is 16.0 Å². The van der Waals surface area contributed by atoms with Crippen LogP contribution in [0.4, 0.5) is 8.78 Å². The molecule has 5 heteroatoms. The molecule has 16 heavy (non-hydrogen) atoms. The van der Waals surface area contributed by atoms with E-state index in [2.05, 4.69) is 15.9 Å². The summed E-state index contributed by atoms with van der Waals surface area (Å²) in [4.78, 5) is 0. The normalized spacial score (nSPS) is 12.8. The molecule has 84 valence electrons. The maximum absolute atomic E-state index is 13.0. The van der Waals surface area contributed by atoms with Gasteiger partial charge in [0.1, 0.15) is 11.1 Å². The molecule has 0 bridgehead atoms. The topological polar surface area (TPSA) is 13.1 Å². The molecular weight excluding hydrogens is 301 g/mol. The Hall–Kier alpha value is -0.870. The standard InChI is InChI=1S/C11H6BrClF2O/c12-10-4-3-9(16-10)11(13)6-1-2-7(14)8(15)5-6/h1-5,11H. The fourth-order valence-electron chi connectivity index (χ4n) is 1.30. The van der Waals surface area contributed by atoms with Gasteiger partial charge in [-0.1, -0.05) is 6.07 Å². The van der Waals surface area contributed by atoms with E-state index in [1.165, 1.54) is 6.07 Å². The summed E-state index contributed by atoms with van der Waals surface area (Å²) in [6.07, 6.45) is 0. The van der Waals surface area contributed by atoms with Crippen molar-refractivity contribution in [2.45, 2.75) is 5.38 Å². The molecule has 1 aromatic heterocycles. The molecule has 1 nitrogen and oxygen atoms in total. The molecule has 1 aromatic carbocycles. The van der Waals surface area contributed by atoms with E-state index in [0.29, 0.717) is 16.0 Å². The highest BCUT2D eigenvalue weighted by molar-refractivity contribution is 9.10. The molecule has 1 unspecified atom stereocenters. The lowest BCUT2D eigenvalue weighted by Gasteiger charge is -2.06. The number of hydrogen-bond donors (Lipinski definition) is 0. The minimum atomic E-state index is -0.922. The summed E-state index contributed by atoms with van der Waals surface area (Å²) in [7, 11) is 0. The molecule has 0 fully saturated rings. The fraction of sp³-hybridized carbons (Fsp3) is 0.0909. The summed E-state index contributed by atoms with van der Waals surface area (Å²) >= 11 is 9.21. The van der Waals surface area contributed by atoms with Crippen molar-refractivity contribution in [2.75, 3.05) is 0 Å². The summed E-state index contributed by atoms with van der Waals surface area (Å²) in [5.41, 5.74) is 0.447. The van der Waals surface area contributed by atoms with Crippen molar-refractivity contribution >= 4 is 27.5 Å². The van der Waals surface area contributed by atoms with Gasteiger partial charge < -0.3 is 4.42 Å². The lowest BCUT2D eigenvalue weighted by molar-refractivity contribution is 0.489. The third-order valence-electron chi connectivity index (χ3n) is 2.08. The van der Waals surface area contributed by atoms with Gasteiger partial charge in [0.05, 0.1) is 0 Å². The molecule has 0 N–H and O–H groups in total. The van der Waals surface area contributed by atoms with E-state index in [1.54, 1.807) is 12.1 Å². The molecular formula is C11H6BrClF2O. The van der Waals surface area contributed by atoms with Crippen LogP contribution in [0.5, 0.6) is 0 Å². The quantitative estimate of drug-likeness (QED) is 0.736. The first-order chi connectivity index (χ1) is 7.58. The molecule has 0 aliphatic carbocycles. The van der Waals surface area contributed by atoms with E-state index in [-0.39, 0.29) is 0 Å². The SMILES string of the molecule is Fc1ccc(C(Cl)c2ccc(Br)o2)cc1F. The first kappa shape index (κ1) is 11.6. The van der Waals surface area contributed by atoms with Gasteiger partial charge in [-0.25, -0.2) is 8.78 Å². The molecule has 1 atom stereocenters. The lowest BCUT2D eigenvalue weighted by Crippen LogP contribution is -1.94. The molecule has 0 amide bonds. The minimum absolute atomic E-state index is 0.447. The Morgan fingerprint density at radius 1 is 1.12 bits per heavy atom. The monoisotopic (exact) mass is 306 g/mol. The Balaban J connectivity index is 2.33. The Labute approximate surface area is 104 Å². The highest BCUT2D eigenvalue weighted by atomic mass is 79.9. The third-order valence-corrected chi connectivity index (χ3v) is 2.97. The van der Waals surface area contributed by atoms with Crippen LogP contribution in [0.3, 0.4) is 0 Å². The van der Waals surface area contributed by atoms with Crippen LogP contribution in [0.25, 0.3) is 0 Å². The lowest BCUT2D eigenvalue weighted by atomic mass is 10.1. The Morgan fingerprint density at radius 2 is 1.88 bits per heavy atom. The second-order valence-electron chi connectivity index (χ2n) is 3.18. The van der Waals surface area contributed by atoms with Crippen molar-refractivity contribution in [2.24, 2.45) is 0 Å². The molecule has 1 heterocycles. The van der Waals surface area contributed by atoms with Crippen LogP contribution in [0.1, 0.15) is 16.7 Å². The molecule has 0 radical (unpaired) electrons. The molecule has 0 saturated heterocycles. The number of rotatable bonds is 2. The van der Waals surface area contributed by atoms with Gasteiger partial charge in [0, 0.05) is 0 Å². The van der Waals surface area contributed by atoms with Crippen molar-refractivity contribution in [3.63, 3.8) is 0 Å². The smallest absolute Gasteiger partial charge is 0.169 e. The summed E-state index contributed by atoms with van der Waals surface area (Å²) in [5.74, 6) is -1.35. The van der Waals surface area contributed by atoms with Crippen molar-refractivity contribution < 1.29 is 13.2 Å². The second kappa shape index (κ2) is 4.55. The van der Waals surface area contributed by atoms with Gasteiger partial charge in [-0.05, 0) is 45.8 Å². The third kappa shape index (κ3) is 2.28. The molecule has 0 aliphatic heterocycles. The number of alkyl halides is 1. The molecule has 0 spiro atoms. The summed E-state index contributed by atoms with van der Waals surface area (Å²) < 4.78 is 31.5. The fourth-order valence-corrected chi connectivity index (χ4v) is 1.87. The number of benzene rings is 1. The van der Waals surface area contributed by atoms with Gasteiger partial charge >= 0.3 is 0 Å². The van der Waals surface area contributed by atoms with Gasteiger partial charge in [0.25, 0.3) is 0 Å². The van der Waals surface area contributed by atoms with E-state index in [0.717, 1.165) is 12.1 Å². The van der Waals surface area contributed by atoms with Gasteiger partial charge in [-0.2, -0.15) is 0 Å². The van der Waals surface area contributed by atoms with Crippen LogP contribution in [-0.2, 0) is 0 Å². The van der Waals surface area contributed by atoms with Crippen molar-refractivity contribution in [1.29, 1.82) is 0 Å². The van der Waals surface area contributed by atoms with Gasteiger partial charge in [0.15, 0.2) is 16.3 Å². The first-order valence-corrected chi connectivity index (χ1v) is 5.65. The number of halogens is 4. The van der Waals surface area contributed by atoms with E-state index < -0.39 is 17.0 Å². The van der Waals surface area contributed by atoms with E-state index in [1.807, 2.05) is 0 Å². The summed E-state index contributed by atoms with van der Waals surface area (Å²) in [6, 6.07) is 6.88. The predicted molar refractivity (Wildman–Crippen MR) is 60.5 cm³/mol. The highest BCUT2D eigenvalue weighted by Gasteiger charge is 2.16. The van der Waals surface area contributed by atoms with Gasteiger partial charge in [-0.3, -0.25) is 0 Å². The van der Waals surface area contributed by atoms with Crippen molar-refractivity contribution in [3.05, 3.63) is 58.0 Å². The van der Waals surface area contributed by atoms with E-state index in [9.17, 15) is 8.78 Å². The average molecular weight is 308 g/mol. The first-order valence-electron chi connectivity index (χ1n) is 4.42. The van der Waals surface area contributed by atoms with Crippen LogP contribution in [0.2, 0.25) is 0 Å². The zero-order valence-corrected chi connectivity index (χ0v) is 10.2. The number of furan rings is 1.